The SMILES string of the molecule is CC(=O)OC[C@@H]1O[C@@H](Sc2nnc(-c3ccccc3)c(-c3ccccc3)n2)[C@@H](OC(C)=O)[C@@H](OC(C)=O)[C@@H]1OC(C)=O. The topological polar surface area (TPSA) is 153 Å². The van der Waals surface area contributed by atoms with E-state index in [0.29, 0.717) is 11.4 Å². The van der Waals surface area contributed by atoms with Gasteiger partial charge in [-0.25, -0.2) is 4.98 Å². The Morgan fingerprint density at radius 2 is 1.21 bits per heavy atom. The molecular formula is C29H29N3O9S. The minimum atomic E-state index is -1.30. The van der Waals surface area contributed by atoms with Gasteiger partial charge in [0.2, 0.25) is 5.16 Å². The summed E-state index contributed by atoms with van der Waals surface area (Å²) in [5, 5.41) is 8.92. The van der Waals surface area contributed by atoms with Crippen molar-refractivity contribution in [3.8, 4) is 22.5 Å². The van der Waals surface area contributed by atoms with Gasteiger partial charge in [0, 0.05) is 38.8 Å². The maximum absolute atomic E-state index is 12.2. The van der Waals surface area contributed by atoms with Gasteiger partial charge in [-0.15, -0.1) is 10.2 Å². The van der Waals surface area contributed by atoms with Crippen molar-refractivity contribution in [1.29, 1.82) is 0 Å². The van der Waals surface area contributed by atoms with Gasteiger partial charge in [-0.1, -0.05) is 60.7 Å². The van der Waals surface area contributed by atoms with E-state index in [0.717, 1.165) is 36.7 Å². The highest BCUT2D eigenvalue weighted by Gasteiger charge is 2.52. The van der Waals surface area contributed by atoms with Gasteiger partial charge in [0.1, 0.15) is 24.1 Å². The van der Waals surface area contributed by atoms with Crippen LogP contribution < -0.4 is 0 Å². The van der Waals surface area contributed by atoms with Crippen LogP contribution in [0.4, 0.5) is 0 Å². The molecule has 1 aliphatic heterocycles. The van der Waals surface area contributed by atoms with E-state index in [2.05, 4.69) is 10.2 Å². The Bertz CT molecular complexity index is 1420. The average Bonchev–Trinajstić information content (AvgIpc) is 2.95. The van der Waals surface area contributed by atoms with Gasteiger partial charge in [0.15, 0.2) is 23.7 Å². The highest BCUT2D eigenvalue weighted by molar-refractivity contribution is 7.99. The lowest BCUT2D eigenvalue weighted by Crippen LogP contribution is -2.61. The Labute approximate surface area is 246 Å². The Morgan fingerprint density at radius 1 is 0.690 bits per heavy atom. The number of carbonyl (C=O) groups is 4. The van der Waals surface area contributed by atoms with E-state index < -0.39 is 53.7 Å². The predicted octanol–water partition coefficient (Wildman–Crippen LogP) is 3.38. The largest absolute Gasteiger partial charge is 0.463 e. The van der Waals surface area contributed by atoms with Crippen LogP contribution in [0.5, 0.6) is 0 Å². The second kappa shape index (κ2) is 14.0. The second-order valence-electron chi connectivity index (χ2n) is 9.21. The van der Waals surface area contributed by atoms with E-state index in [-0.39, 0.29) is 11.8 Å². The summed E-state index contributed by atoms with van der Waals surface area (Å²) in [5.41, 5.74) is 1.60. The zero-order valence-corrected chi connectivity index (χ0v) is 24.1. The molecule has 13 heteroatoms. The smallest absolute Gasteiger partial charge is 0.303 e. The number of benzene rings is 2. The van der Waals surface area contributed by atoms with E-state index in [1.807, 2.05) is 60.7 Å². The molecule has 1 fully saturated rings. The minimum absolute atomic E-state index is 0.162. The highest BCUT2D eigenvalue weighted by atomic mass is 32.2. The van der Waals surface area contributed by atoms with Crippen molar-refractivity contribution in [3.05, 3.63) is 60.7 Å². The Kier molecular flexibility index (Phi) is 10.2. The second-order valence-corrected chi connectivity index (χ2v) is 10.3. The molecule has 0 spiro atoms. The van der Waals surface area contributed by atoms with Crippen molar-refractivity contribution < 1.29 is 42.9 Å². The fraction of sp³-hybridized carbons (Fsp3) is 0.345. The number of ether oxygens (including phenoxy) is 5. The number of nitrogens with zero attached hydrogens (tertiary/aromatic N) is 3. The van der Waals surface area contributed by atoms with Crippen molar-refractivity contribution in [2.45, 2.75) is 62.7 Å². The molecule has 0 unspecified atom stereocenters. The van der Waals surface area contributed by atoms with Gasteiger partial charge in [-0.3, -0.25) is 19.2 Å². The molecule has 2 heterocycles. The summed E-state index contributed by atoms with van der Waals surface area (Å²) in [6.07, 6.45) is -4.90. The molecule has 0 bridgehead atoms. The van der Waals surface area contributed by atoms with Crippen LogP contribution in [-0.4, -0.2) is 75.5 Å². The van der Waals surface area contributed by atoms with E-state index in [1.165, 1.54) is 13.8 Å². The molecular weight excluding hydrogens is 566 g/mol. The highest BCUT2D eigenvalue weighted by Crippen LogP contribution is 2.38. The third-order valence-electron chi connectivity index (χ3n) is 5.93. The Balaban J connectivity index is 1.76. The van der Waals surface area contributed by atoms with Crippen LogP contribution in [0.2, 0.25) is 0 Å². The van der Waals surface area contributed by atoms with Crippen LogP contribution in [-0.2, 0) is 42.9 Å². The molecule has 0 saturated carbocycles. The average molecular weight is 596 g/mol. The molecule has 0 amide bonds. The molecule has 220 valence electrons. The number of aromatic nitrogens is 3. The first-order chi connectivity index (χ1) is 20.1. The van der Waals surface area contributed by atoms with Crippen molar-refractivity contribution in [1.82, 2.24) is 15.2 Å². The van der Waals surface area contributed by atoms with E-state index in [1.54, 1.807) is 0 Å². The summed E-state index contributed by atoms with van der Waals surface area (Å²) in [6, 6.07) is 18.8. The van der Waals surface area contributed by atoms with E-state index >= 15 is 0 Å². The van der Waals surface area contributed by atoms with Crippen LogP contribution in [0, 0.1) is 0 Å². The third-order valence-corrected chi connectivity index (χ3v) is 6.93. The summed E-state index contributed by atoms with van der Waals surface area (Å²) in [5.74, 6) is -2.73. The fourth-order valence-electron chi connectivity index (χ4n) is 4.34. The van der Waals surface area contributed by atoms with Crippen LogP contribution in [0.3, 0.4) is 0 Å². The van der Waals surface area contributed by atoms with Gasteiger partial charge < -0.3 is 23.7 Å². The maximum Gasteiger partial charge on any atom is 0.303 e. The predicted molar refractivity (Wildman–Crippen MR) is 149 cm³/mol. The first-order valence-electron chi connectivity index (χ1n) is 12.9. The van der Waals surface area contributed by atoms with Crippen molar-refractivity contribution in [3.63, 3.8) is 0 Å². The number of carbonyl (C=O) groups excluding carboxylic acids is 4. The summed E-state index contributed by atoms with van der Waals surface area (Å²) >= 11 is 0.961. The summed E-state index contributed by atoms with van der Waals surface area (Å²) in [4.78, 5) is 52.6. The molecule has 0 N–H and O–H groups in total. The molecule has 1 aliphatic rings. The maximum atomic E-state index is 12.2. The Hall–Kier alpha value is -4.36. The third kappa shape index (κ3) is 7.89. The summed E-state index contributed by atoms with van der Waals surface area (Å²) in [7, 11) is 0. The van der Waals surface area contributed by atoms with Crippen molar-refractivity contribution in [2.75, 3.05) is 6.61 Å². The number of thioether (sulfide) groups is 1. The molecule has 1 aromatic heterocycles. The molecule has 3 aromatic rings. The van der Waals surface area contributed by atoms with Crippen LogP contribution in [0.25, 0.3) is 22.5 Å². The molecule has 5 atom stereocenters. The molecule has 0 radical (unpaired) electrons. The molecule has 12 nitrogen and oxygen atoms in total. The zero-order valence-electron chi connectivity index (χ0n) is 23.3. The summed E-state index contributed by atoms with van der Waals surface area (Å²) in [6.45, 7) is 4.37. The van der Waals surface area contributed by atoms with Gasteiger partial charge in [-0.2, -0.15) is 0 Å². The standard InChI is InChI=1S/C29H29N3O9S/c1-16(33)37-15-22-25(38-17(2)34)26(39-18(3)35)27(40-19(4)36)28(41-22)42-29-30-23(20-11-7-5-8-12-20)24(31-32-29)21-13-9-6-10-14-21/h5-14,22,25-28H,15H2,1-4H3/t22-,25+,26-,27-,28-/m0/s1. The van der Waals surface area contributed by atoms with E-state index in [9.17, 15) is 19.2 Å². The molecule has 0 aliphatic carbocycles. The number of esters is 4. The number of hydrogen-bond donors (Lipinski definition) is 0. The minimum Gasteiger partial charge on any atom is -0.463 e. The number of hydrogen-bond acceptors (Lipinski definition) is 13. The first-order valence-corrected chi connectivity index (χ1v) is 13.8. The van der Waals surface area contributed by atoms with Crippen molar-refractivity contribution in [2.24, 2.45) is 0 Å². The normalized spacial score (nSPS) is 21.6. The lowest BCUT2D eigenvalue weighted by molar-refractivity contribution is -0.237. The van der Waals surface area contributed by atoms with Gasteiger partial charge >= 0.3 is 23.9 Å². The quantitative estimate of drug-likeness (QED) is 0.263. The van der Waals surface area contributed by atoms with Crippen molar-refractivity contribution >= 4 is 35.6 Å². The van der Waals surface area contributed by atoms with Crippen LogP contribution >= 0.6 is 11.8 Å². The van der Waals surface area contributed by atoms with Crippen LogP contribution in [0.15, 0.2) is 65.8 Å². The van der Waals surface area contributed by atoms with Gasteiger partial charge in [0.05, 0.1) is 0 Å². The van der Waals surface area contributed by atoms with Crippen LogP contribution in [0.1, 0.15) is 27.7 Å². The Morgan fingerprint density at radius 3 is 1.76 bits per heavy atom. The molecule has 2 aromatic carbocycles. The molecule has 42 heavy (non-hydrogen) atoms. The lowest BCUT2D eigenvalue weighted by atomic mass is 9.99. The monoisotopic (exact) mass is 595 g/mol. The molecule has 4 rings (SSSR count). The van der Waals surface area contributed by atoms with Gasteiger partial charge in [-0.05, 0) is 11.8 Å². The summed E-state index contributed by atoms with van der Waals surface area (Å²) < 4.78 is 27.8. The van der Waals surface area contributed by atoms with E-state index in [4.69, 9.17) is 28.7 Å². The zero-order chi connectivity index (χ0) is 30.2. The first kappa shape index (κ1) is 30.6. The van der Waals surface area contributed by atoms with Gasteiger partial charge in [0.25, 0.3) is 0 Å². The molecule has 1 saturated heterocycles. The fourth-order valence-corrected chi connectivity index (χ4v) is 5.32. The number of rotatable bonds is 9. The lowest BCUT2D eigenvalue weighted by Gasteiger charge is -2.43.